The molecule has 4 nitrogen and oxygen atoms in total. The third-order valence-electron chi connectivity index (χ3n) is 4.31. The number of fused-ring (bicyclic) bond motifs is 1. The molecule has 1 aliphatic rings. The van der Waals surface area contributed by atoms with Crippen LogP contribution in [0.1, 0.15) is 30.7 Å². The van der Waals surface area contributed by atoms with E-state index in [9.17, 15) is 8.42 Å². The van der Waals surface area contributed by atoms with Gasteiger partial charge in [0.1, 0.15) is 0 Å². The largest absolute Gasteiger partial charge is 0.313 e. The van der Waals surface area contributed by atoms with Gasteiger partial charge in [-0.3, -0.25) is 0 Å². The Labute approximate surface area is 135 Å². The number of benzene rings is 1. The molecule has 6 heteroatoms. The standard InChI is InChI=1S/C16H22N2O2S2/c1-22(19,20)15-9-4-7-13(15)17-11-5-10-16-18-12-6-2-3-8-14(12)21-16/h2-3,6,8,13,15,17H,4-5,7,9-11H2,1H3/t13-,15+/m0/s1. The average Bonchev–Trinajstić information content (AvgIpc) is 3.09. The highest BCUT2D eigenvalue weighted by Crippen LogP contribution is 2.25. The number of aryl methyl sites for hydroxylation is 1. The summed E-state index contributed by atoms with van der Waals surface area (Å²) in [5, 5.41) is 4.40. The van der Waals surface area contributed by atoms with Crippen molar-refractivity contribution in [2.24, 2.45) is 0 Å². The summed E-state index contributed by atoms with van der Waals surface area (Å²) in [5.41, 5.74) is 1.07. The first-order valence-corrected chi connectivity index (χ1v) is 10.6. The van der Waals surface area contributed by atoms with Crippen LogP contribution in [0.3, 0.4) is 0 Å². The number of aromatic nitrogens is 1. The van der Waals surface area contributed by atoms with Crippen LogP contribution < -0.4 is 5.32 Å². The van der Waals surface area contributed by atoms with Crippen molar-refractivity contribution in [3.05, 3.63) is 29.3 Å². The fourth-order valence-electron chi connectivity index (χ4n) is 3.23. The minimum atomic E-state index is -2.93. The predicted molar refractivity (Wildman–Crippen MR) is 92.2 cm³/mol. The molecule has 0 unspecified atom stereocenters. The second kappa shape index (κ2) is 6.64. The molecule has 0 amide bonds. The highest BCUT2D eigenvalue weighted by Gasteiger charge is 2.34. The third kappa shape index (κ3) is 3.67. The van der Waals surface area contributed by atoms with E-state index in [1.165, 1.54) is 11.0 Å². The molecule has 22 heavy (non-hydrogen) atoms. The molecule has 2 aromatic rings. The maximum atomic E-state index is 11.7. The van der Waals surface area contributed by atoms with Crippen molar-refractivity contribution in [2.75, 3.05) is 12.8 Å². The number of nitrogens with one attached hydrogen (secondary N) is 1. The van der Waals surface area contributed by atoms with E-state index in [1.807, 2.05) is 18.2 Å². The van der Waals surface area contributed by atoms with E-state index in [1.54, 1.807) is 11.3 Å². The van der Waals surface area contributed by atoms with Crippen LogP contribution in [0.15, 0.2) is 24.3 Å². The van der Waals surface area contributed by atoms with Crippen LogP contribution >= 0.6 is 11.3 Å². The Morgan fingerprint density at radius 1 is 1.32 bits per heavy atom. The second-order valence-electron chi connectivity index (χ2n) is 6.04. The van der Waals surface area contributed by atoms with Crippen LogP contribution in [0.25, 0.3) is 10.2 Å². The lowest BCUT2D eigenvalue weighted by Gasteiger charge is -2.19. The van der Waals surface area contributed by atoms with Gasteiger partial charge in [-0.2, -0.15) is 0 Å². The number of hydrogen-bond acceptors (Lipinski definition) is 5. The molecule has 0 spiro atoms. The van der Waals surface area contributed by atoms with E-state index in [0.29, 0.717) is 0 Å². The molecule has 0 radical (unpaired) electrons. The Bertz CT molecular complexity index is 706. The first-order valence-electron chi connectivity index (χ1n) is 7.81. The van der Waals surface area contributed by atoms with Gasteiger partial charge in [0.2, 0.25) is 0 Å². The van der Waals surface area contributed by atoms with E-state index >= 15 is 0 Å². The predicted octanol–water partition coefficient (Wildman–Crippen LogP) is 2.78. The van der Waals surface area contributed by atoms with Crippen molar-refractivity contribution in [3.8, 4) is 0 Å². The van der Waals surface area contributed by atoms with E-state index in [-0.39, 0.29) is 11.3 Å². The van der Waals surface area contributed by atoms with Gasteiger partial charge in [-0.05, 0) is 37.9 Å². The molecule has 1 aromatic heterocycles. The van der Waals surface area contributed by atoms with Gasteiger partial charge in [0.25, 0.3) is 0 Å². The zero-order valence-corrected chi connectivity index (χ0v) is 14.4. The van der Waals surface area contributed by atoms with Gasteiger partial charge in [0, 0.05) is 18.7 Å². The number of nitrogens with zero attached hydrogens (tertiary/aromatic N) is 1. The first kappa shape index (κ1) is 15.9. The molecule has 1 heterocycles. The summed E-state index contributed by atoms with van der Waals surface area (Å²) in [4.78, 5) is 4.63. The van der Waals surface area contributed by atoms with Crippen molar-refractivity contribution < 1.29 is 8.42 Å². The summed E-state index contributed by atoms with van der Waals surface area (Å²) in [6.45, 7) is 0.854. The van der Waals surface area contributed by atoms with Crippen LogP contribution in [-0.2, 0) is 16.3 Å². The number of thiazole rings is 1. The summed E-state index contributed by atoms with van der Waals surface area (Å²) in [7, 11) is -2.93. The molecular formula is C16H22N2O2S2. The summed E-state index contributed by atoms with van der Waals surface area (Å²) in [6, 6.07) is 8.33. The second-order valence-corrected chi connectivity index (χ2v) is 9.42. The topological polar surface area (TPSA) is 59.1 Å². The smallest absolute Gasteiger partial charge is 0.151 e. The molecule has 1 N–H and O–H groups in total. The van der Waals surface area contributed by atoms with Gasteiger partial charge in [-0.1, -0.05) is 18.6 Å². The van der Waals surface area contributed by atoms with E-state index in [4.69, 9.17) is 0 Å². The zero-order chi connectivity index (χ0) is 15.6. The molecule has 1 saturated carbocycles. The fourth-order valence-corrected chi connectivity index (χ4v) is 5.66. The molecule has 120 valence electrons. The van der Waals surface area contributed by atoms with E-state index in [0.717, 1.165) is 49.2 Å². The molecule has 2 atom stereocenters. The lowest BCUT2D eigenvalue weighted by molar-refractivity contribution is 0.501. The Morgan fingerprint density at radius 3 is 2.91 bits per heavy atom. The highest BCUT2D eigenvalue weighted by molar-refractivity contribution is 7.91. The quantitative estimate of drug-likeness (QED) is 0.823. The van der Waals surface area contributed by atoms with Gasteiger partial charge in [-0.15, -0.1) is 11.3 Å². The number of rotatable bonds is 6. The lowest BCUT2D eigenvalue weighted by atomic mass is 10.2. The Kier molecular flexibility index (Phi) is 4.80. The minimum Gasteiger partial charge on any atom is -0.313 e. The minimum absolute atomic E-state index is 0.130. The Hall–Kier alpha value is -0.980. The van der Waals surface area contributed by atoms with Crippen molar-refractivity contribution >= 4 is 31.4 Å². The van der Waals surface area contributed by atoms with Gasteiger partial charge >= 0.3 is 0 Å². The Morgan fingerprint density at radius 2 is 2.14 bits per heavy atom. The summed E-state index contributed by atoms with van der Waals surface area (Å²) < 4.78 is 24.7. The SMILES string of the molecule is CS(=O)(=O)[C@@H]1CCC[C@@H]1NCCCc1nc2ccccc2s1. The summed E-state index contributed by atoms with van der Waals surface area (Å²) in [6.07, 6.45) is 6.08. The van der Waals surface area contributed by atoms with Crippen LogP contribution in [0.4, 0.5) is 0 Å². The van der Waals surface area contributed by atoms with Crippen molar-refractivity contribution in [1.29, 1.82) is 0 Å². The molecule has 1 aromatic carbocycles. The maximum absolute atomic E-state index is 11.7. The number of sulfone groups is 1. The normalized spacial score (nSPS) is 22.4. The van der Waals surface area contributed by atoms with Gasteiger partial charge in [-0.25, -0.2) is 13.4 Å². The van der Waals surface area contributed by atoms with Crippen LogP contribution in [0, 0.1) is 0 Å². The van der Waals surface area contributed by atoms with Gasteiger partial charge in [0.05, 0.1) is 20.5 Å². The number of hydrogen-bond donors (Lipinski definition) is 1. The van der Waals surface area contributed by atoms with E-state index in [2.05, 4.69) is 16.4 Å². The highest BCUT2D eigenvalue weighted by atomic mass is 32.2. The molecule has 1 aliphatic carbocycles. The first-order chi connectivity index (χ1) is 10.5. The maximum Gasteiger partial charge on any atom is 0.151 e. The van der Waals surface area contributed by atoms with Gasteiger partial charge < -0.3 is 5.32 Å². The third-order valence-corrected chi connectivity index (χ3v) is 7.07. The van der Waals surface area contributed by atoms with Gasteiger partial charge in [0.15, 0.2) is 9.84 Å². The molecule has 0 saturated heterocycles. The van der Waals surface area contributed by atoms with Crippen LogP contribution in [-0.4, -0.2) is 37.5 Å². The molecule has 1 fully saturated rings. The molecule has 3 rings (SSSR count). The monoisotopic (exact) mass is 338 g/mol. The molecular weight excluding hydrogens is 316 g/mol. The summed E-state index contributed by atoms with van der Waals surface area (Å²) in [5.74, 6) is 0. The molecule has 0 bridgehead atoms. The van der Waals surface area contributed by atoms with Crippen molar-refractivity contribution in [1.82, 2.24) is 10.3 Å². The average molecular weight is 338 g/mol. The lowest BCUT2D eigenvalue weighted by Crippen LogP contribution is -2.40. The zero-order valence-electron chi connectivity index (χ0n) is 12.8. The van der Waals surface area contributed by atoms with Crippen LogP contribution in [0.2, 0.25) is 0 Å². The van der Waals surface area contributed by atoms with Crippen molar-refractivity contribution in [3.63, 3.8) is 0 Å². The summed E-state index contributed by atoms with van der Waals surface area (Å²) >= 11 is 1.75. The van der Waals surface area contributed by atoms with Crippen LogP contribution in [0.5, 0.6) is 0 Å². The molecule has 0 aliphatic heterocycles. The fraction of sp³-hybridized carbons (Fsp3) is 0.562. The van der Waals surface area contributed by atoms with E-state index < -0.39 is 9.84 Å². The van der Waals surface area contributed by atoms with Crippen molar-refractivity contribution in [2.45, 2.75) is 43.4 Å². The Balaban J connectivity index is 1.49. The number of para-hydroxylation sites is 1.